The van der Waals surface area contributed by atoms with Crippen LogP contribution in [0.15, 0.2) is 11.6 Å². The highest BCUT2D eigenvalue weighted by molar-refractivity contribution is 14.1. The van der Waals surface area contributed by atoms with Gasteiger partial charge in [-0.1, -0.05) is 26.3 Å². The summed E-state index contributed by atoms with van der Waals surface area (Å²) in [6, 6.07) is 0. The molecule has 3 fully saturated rings. The summed E-state index contributed by atoms with van der Waals surface area (Å²) in [5.41, 5.74) is 1.85. The van der Waals surface area contributed by atoms with E-state index in [4.69, 9.17) is 3.07 Å². The molecule has 4 aliphatic carbocycles. The second kappa shape index (κ2) is 5.82. The van der Waals surface area contributed by atoms with Crippen LogP contribution >= 0.6 is 23.0 Å². The third kappa shape index (κ3) is 2.39. The third-order valence-electron chi connectivity index (χ3n) is 7.96. The van der Waals surface area contributed by atoms with Crippen LogP contribution in [0.25, 0.3) is 0 Å². The SMILES string of the molecule is C[C@@H]1CC2=CC(=O)CCC2C2C1C1CC[C@H](OI)[C@@]1(C)C[C@@H]2C. The zero-order valence-electron chi connectivity index (χ0n) is 14.6. The van der Waals surface area contributed by atoms with Gasteiger partial charge in [0, 0.05) is 6.42 Å². The fourth-order valence-corrected chi connectivity index (χ4v) is 8.07. The van der Waals surface area contributed by atoms with E-state index in [1.165, 1.54) is 24.8 Å². The molecule has 0 bridgehead atoms. The molecule has 0 spiro atoms. The number of carbonyl (C=O) groups excluding carboxylic acids is 1. The molecule has 4 rings (SSSR count). The summed E-state index contributed by atoms with van der Waals surface area (Å²) in [5, 5.41) is 0. The van der Waals surface area contributed by atoms with Gasteiger partial charge in [-0.2, -0.15) is 0 Å². The van der Waals surface area contributed by atoms with Crippen molar-refractivity contribution in [1.29, 1.82) is 0 Å². The molecular weight excluding hydrogens is 399 g/mol. The van der Waals surface area contributed by atoms with E-state index >= 15 is 0 Å². The van der Waals surface area contributed by atoms with Crippen LogP contribution in [0.5, 0.6) is 0 Å². The lowest BCUT2D eigenvalue weighted by atomic mass is 9.47. The van der Waals surface area contributed by atoms with Crippen LogP contribution in [-0.4, -0.2) is 11.9 Å². The molecule has 0 aromatic carbocycles. The van der Waals surface area contributed by atoms with Gasteiger partial charge in [0.2, 0.25) is 0 Å². The van der Waals surface area contributed by atoms with E-state index in [1.807, 2.05) is 6.08 Å². The highest BCUT2D eigenvalue weighted by Crippen LogP contribution is 2.65. The highest BCUT2D eigenvalue weighted by atomic mass is 127. The Balaban J connectivity index is 1.71. The van der Waals surface area contributed by atoms with Gasteiger partial charge in [-0.05, 0) is 79.1 Å². The molecule has 0 N–H and O–H groups in total. The van der Waals surface area contributed by atoms with Gasteiger partial charge in [-0.15, -0.1) is 0 Å². The van der Waals surface area contributed by atoms with E-state index < -0.39 is 0 Å². The fourth-order valence-electron chi connectivity index (χ4n) is 7.24. The van der Waals surface area contributed by atoms with Crippen molar-refractivity contribution in [3.8, 4) is 0 Å². The number of hydrogen-bond donors (Lipinski definition) is 0. The molecule has 0 aliphatic heterocycles. The maximum Gasteiger partial charge on any atom is 0.155 e. The Morgan fingerprint density at radius 2 is 1.96 bits per heavy atom. The molecule has 128 valence electrons. The molecule has 0 aromatic heterocycles. The molecule has 3 saturated carbocycles. The highest BCUT2D eigenvalue weighted by Gasteiger charge is 2.60. The first-order chi connectivity index (χ1) is 11.0. The third-order valence-corrected chi connectivity index (χ3v) is 8.58. The number of fused-ring (bicyclic) bond motifs is 5. The normalized spacial score (nSPS) is 52.4. The van der Waals surface area contributed by atoms with Crippen LogP contribution in [-0.2, 0) is 7.86 Å². The van der Waals surface area contributed by atoms with Crippen LogP contribution in [0.2, 0.25) is 0 Å². The van der Waals surface area contributed by atoms with E-state index in [-0.39, 0.29) is 0 Å². The first-order valence-electron chi connectivity index (χ1n) is 9.46. The number of halogens is 1. The lowest BCUT2D eigenvalue weighted by molar-refractivity contribution is -0.117. The Kier molecular flexibility index (Phi) is 4.19. The Hall–Kier alpha value is 0.1000. The lowest BCUT2D eigenvalue weighted by Gasteiger charge is -2.58. The van der Waals surface area contributed by atoms with Crippen LogP contribution in [0.4, 0.5) is 0 Å². The average Bonchev–Trinajstić information content (AvgIpc) is 2.82. The van der Waals surface area contributed by atoms with Crippen molar-refractivity contribution in [3.63, 3.8) is 0 Å². The zero-order chi connectivity index (χ0) is 16.4. The standard InChI is InChI=1S/C20H29IO2/c1-11-8-13-9-14(22)4-5-15(13)18-12(2)10-20(3)16(19(11)18)6-7-17(20)23-21/h9,11-12,15-19H,4-8,10H2,1-3H3/t11-,12+,15?,16?,17+,18?,19?,20+/m1/s1. The van der Waals surface area contributed by atoms with Gasteiger partial charge in [-0.3, -0.25) is 4.79 Å². The fraction of sp³-hybridized carbons (Fsp3) is 0.850. The minimum Gasteiger partial charge on any atom is -0.312 e. The largest absolute Gasteiger partial charge is 0.312 e. The van der Waals surface area contributed by atoms with Crippen molar-refractivity contribution < 1.29 is 7.86 Å². The summed E-state index contributed by atoms with van der Waals surface area (Å²) in [6.07, 6.45) is 9.38. The summed E-state index contributed by atoms with van der Waals surface area (Å²) in [6.45, 7) is 7.43. The maximum absolute atomic E-state index is 11.9. The molecule has 23 heavy (non-hydrogen) atoms. The predicted octanol–water partition coefficient (Wildman–Crippen LogP) is 5.36. The quantitative estimate of drug-likeness (QED) is 0.526. The Morgan fingerprint density at radius 3 is 2.70 bits per heavy atom. The second-order valence-electron chi connectivity index (χ2n) is 9.12. The van der Waals surface area contributed by atoms with Crippen molar-refractivity contribution in [2.75, 3.05) is 0 Å². The predicted molar refractivity (Wildman–Crippen MR) is 100 cm³/mol. The zero-order valence-corrected chi connectivity index (χ0v) is 16.7. The molecule has 0 saturated heterocycles. The number of ketones is 1. The van der Waals surface area contributed by atoms with E-state index in [0.717, 1.165) is 42.9 Å². The van der Waals surface area contributed by atoms with Crippen molar-refractivity contribution in [2.24, 2.45) is 40.9 Å². The first-order valence-corrected chi connectivity index (χ1v) is 10.3. The minimum atomic E-state index is 0.363. The Bertz CT molecular complexity index is 542. The monoisotopic (exact) mass is 428 g/mol. The molecule has 3 heteroatoms. The first kappa shape index (κ1) is 16.6. The van der Waals surface area contributed by atoms with Gasteiger partial charge >= 0.3 is 0 Å². The number of rotatable bonds is 1. The van der Waals surface area contributed by atoms with Crippen LogP contribution in [0, 0.1) is 40.9 Å². The lowest BCUT2D eigenvalue weighted by Crippen LogP contribution is -2.53. The van der Waals surface area contributed by atoms with Crippen LogP contribution < -0.4 is 0 Å². The Labute approximate surface area is 154 Å². The number of allylic oxidation sites excluding steroid dienone is 1. The molecule has 4 unspecified atom stereocenters. The van der Waals surface area contributed by atoms with Gasteiger partial charge in [0.15, 0.2) is 5.78 Å². The summed E-state index contributed by atoms with van der Waals surface area (Å²) in [7, 11) is 0. The van der Waals surface area contributed by atoms with Gasteiger partial charge in [0.1, 0.15) is 23.0 Å². The van der Waals surface area contributed by atoms with Gasteiger partial charge < -0.3 is 3.07 Å². The topological polar surface area (TPSA) is 26.3 Å². The van der Waals surface area contributed by atoms with Crippen LogP contribution in [0.1, 0.15) is 59.3 Å². The van der Waals surface area contributed by atoms with Crippen LogP contribution in [0.3, 0.4) is 0 Å². The molecular formula is C20H29IO2. The van der Waals surface area contributed by atoms with E-state index in [1.54, 1.807) is 0 Å². The molecule has 0 radical (unpaired) electrons. The molecule has 0 heterocycles. The van der Waals surface area contributed by atoms with Crippen molar-refractivity contribution in [1.82, 2.24) is 0 Å². The molecule has 4 aliphatic rings. The van der Waals surface area contributed by atoms with Gasteiger partial charge in [-0.25, -0.2) is 0 Å². The van der Waals surface area contributed by atoms with Crippen molar-refractivity contribution in [3.05, 3.63) is 11.6 Å². The Morgan fingerprint density at radius 1 is 1.17 bits per heavy atom. The van der Waals surface area contributed by atoms with E-state index in [2.05, 4.69) is 43.8 Å². The summed E-state index contributed by atoms with van der Waals surface area (Å²) in [4.78, 5) is 11.9. The smallest absolute Gasteiger partial charge is 0.155 e. The van der Waals surface area contributed by atoms with E-state index in [0.29, 0.717) is 29.1 Å². The molecule has 0 aromatic rings. The number of hydrogen-bond acceptors (Lipinski definition) is 2. The van der Waals surface area contributed by atoms with Gasteiger partial charge in [0.05, 0.1) is 6.10 Å². The summed E-state index contributed by atoms with van der Waals surface area (Å²) < 4.78 is 5.88. The van der Waals surface area contributed by atoms with Crippen molar-refractivity contribution >= 4 is 28.8 Å². The summed E-state index contributed by atoms with van der Waals surface area (Å²) >= 11 is 2.13. The van der Waals surface area contributed by atoms with E-state index in [9.17, 15) is 4.79 Å². The number of carbonyl (C=O) groups is 1. The summed E-state index contributed by atoms with van der Waals surface area (Å²) in [5.74, 6) is 4.96. The van der Waals surface area contributed by atoms with Crippen molar-refractivity contribution in [2.45, 2.75) is 65.4 Å². The minimum absolute atomic E-state index is 0.363. The average molecular weight is 428 g/mol. The molecule has 2 nitrogen and oxygen atoms in total. The maximum atomic E-state index is 11.9. The second-order valence-corrected chi connectivity index (χ2v) is 9.62. The van der Waals surface area contributed by atoms with Gasteiger partial charge in [0.25, 0.3) is 0 Å². The molecule has 0 amide bonds. The molecule has 8 atom stereocenters.